The number of aryl methyl sites for hydroxylation is 1. The molecule has 0 unspecified atom stereocenters. The van der Waals surface area contributed by atoms with Gasteiger partial charge in [-0.25, -0.2) is 0 Å². The Kier molecular flexibility index (Phi) is 7.53. The molecule has 5 rings (SSSR count). The smallest absolute Gasteiger partial charge is 0.316 e. The molecule has 0 aliphatic carbocycles. The van der Waals surface area contributed by atoms with E-state index in [9.17, 15) is 15.1 Å². The Labute approximate surface area is 237 Å². The van der Waals surface area contributed by atoms with Gasteiger partial charge in [-0.2, -0.15) is 8.75 Å². The number of amides is 1. The number of hydrogen-bond donors (Lipinski definition) is 4. The molecule has 12 heteroatoms. The molecule has 1 aliphatic rings. The highest BCUT2D eigenvalue weighted by molar-refractivity contribution is 6.99. The summed E-state index contributed by atoms with van der Waals surface area (Å²) >= 11 is 1.04. The number of anilines is 4. The Balaban J connectivity index is 1.30. The van der Waals surface area contributed by atoms with Gasteiger partial charge in [-0.05, 0) is 42.7 Å². The zero-order valence-corrected chi connectivity index (χ0v) is 23.8. The summed E-state index contributed by atoms with van der Waals surface area (Å²) in [5.41, 5.74) is 0.362. The molecule has 4 heterocycles. The van der Waals surface area contributed by atoms with E-state index in [4.69, 9.17) is 4.42 Å². The molecular formula is C28H34N7O4S+. The van der Waals surface area contributed by atoms with Gasteiger partial charge < -0.3 is 30.3 Å². The number of aromatic nitrogens is 3. The van der Waals surface area contributed by atoms with E-state index in [2.05, 4.69) is 40.2 Å². The third-order valence-electron chi connectivity index (χ3n) is 6.91. The van der Waals surface area contributed by atoms with Crippen molar-refractivity contribution in [3.8, 4) is 5.75 Å². The average molecular weight is 565 g/mol. The maximum atomic E-state index is 13.4. The van der Waals surface area contributed by atoms with Crippen LogP contribution in [0.1, 0.15) is 48.7 Å². The minimum atomic E-state index is -0.263. The van der Waals surface area contributed by atoms with Crippen LogP contribution in [0.5, 0.6) is 5.75 Å². The molecule has 1 atom stereocenters. The van der Waals surface area contributed by atoms with Gasteiger partial charge in [0.15, 0.2) is 17.4 Å². The fraction of sp³-hybridized carbons (Fsp3) is 0.357. The highest BCUT2D eigenvalue weighted by Gasteiger charge is 2.32. The number of nitrogens with one attached hydrogen (secondary N) is 2. The van der Waals surface area contributed by atoms with Crippen LogP contribution >= 0.6 is 11.7 Å². The molecule has 1 saturated heterocycles. The number of hydrogen-bond acceptors (Lipinski definition) is 10. The third-order valence-corrected chi connectivity index (χ3v) is 7.44. The molecule has 1 fully saturated rings. The number of benzene rings is 1. The topological polar surface area (TPSA) is 131 Å². The van der Waals surface area contributed by atoms with Gasteiger partial charge in [0.05, 0.1) is 42.1 Å². The van der Waals surface area contributed by atoms with Crippen molar-refractivity contribution >= 4 is 40.8 Å². The first-order chi connectivity index (χ1) is 19.1. The first-order valence-corrected chi connectivity index (χ1v) is 13.8. The molecule has 11 nitrogen and oxygen atoms in total. The van der Waals surface area contributed by atoms with Crippen LogP contribution in [-0.2, 0) is 0 Å². The second kappa shape index (κ2) is 11.0. The van der Waals surface area contributed by atoms with Gasteiger partial charge in [0.2, 0.25) is 0 Å². The number of aromatic hydroxyl groups is 1. The normalized spacial score (nSPS) is 14.7. The molecule has 210 valence electrons. The van der Waals surface area contributed by atoms with Crippen molar-refractivity contribution in [3.05, 3.63) is 71.8 Å². The molecule has 1 amide bonds. The first kappa shape index (κ1) is 27.3. The van der Waals surface area contributed by atoms with Crippen molar-refractivity contribution in [2.24, 2.45) is 5.41 Å². The molecule has 0 spiro atoms. The van der Waals surface area contributed by atoms with Crippen LogP contribution in [0.15, 0.2) is 59.1 Å². The molecule has 40 heavy (non-hydrogen) atoms. The van der Waals surface area contributed by atoms with Gasteiger partial charge in [-0.3, -0.25) is 9.69 Å². The van der Waals surface area contributed by atoms with Gasteiger partial charge in [-0.15, -0.1) is 0 Å². The number of carbonyl (C=O) groups excluding carboxylic acids is 1. The number of para-hydroxylation sites is 1. The van der Waals surface area contributed by atoms with E-state index in [-0.39, 0.29) is 28.7 Å². The summed E-state index contributed by atoms with van der Waals surface area (Å²) in [5, 5.41) is 27.8. The minimum Gasteiger partial charge on any atom is -0.505 e. The van der Waals surface area contributed by atoms with Crippen molar-refractivity contribution < 1.29 is 24.3 Å². The largest absolute Gasteiger partial charge is 0.505 e. The van der Waals surface area contributed by atoms with E-state index in [0.29, 0.717) is 49.3 Å². The summed E-state index contributed by atoms with van der Waals surface area (Å²) in [7, 11) is 0. The standard InChI is InChI=1S/C28H33N7O4S/c1-18-11-12-21(39-18)24(28(2,3)4)30-26-25(31-40-32-26)29-20-9-7-8-19(23(20)36)27(37)34-16-14-33(15-17-34)22-10-5-6-13-35(22)38/h5-13,24H,14-17H2,1-4H3,(H3-,29,30,31,32,36,37,38)/p+1/t24-/m0/s1. The maximum Gasteiger partial charge on any atom is 0.316 e. The zero-order valence-electron chi connectivity index (χ0n) is 23.0. The number of phenols is 1. The molecule has 4 N–H and O–H groups in total. The number of carbonyl (C=O) groups is 1. The van der Waals surface area contributed by atoms with Crippen molar-refractivity contribution in [1.29, 1.82) is 0 Å². The second-order valence-electron chi connectivity index (χ2n) is 10.9. The minimum absolute atomic E-state index is 0.154. The van der Waals surface area contributed by atoms with Crippen LogP contribution in [0.2, 0.25) is 0 Å². The Morgan fingerprint density at radius 3 is 2.48 bits per heavy atom. The number of pyridine rings is 1. The summed E-state index contributed by atoms with van der Waals surface area (Å²) < 4.78 is 15.8. The maximum absolute atomic E-state index is 13.4. The SMILES string of the molecule is Cc1ccc([C@H](Nc2nsnc2Nc2cccc(C(=O)N3CCN(c4cccc[n+]4O)CC3)c2O)C(C)(C)C)o1. The summed E-state index contributed by atoms with van der Waals surface area (Å²) in [6.45, 7) is 10.2. The van der Waals surface area contributed by atoms with Crippen molar-refractivity contribution in [2.75, 3.05) is 41.7 Å². The summed E-state index contributed by atoms with van der Waals surface area (Å²) in [6, 6.07) is 14.2. The summed E-state index contributed by atoms with van der Waals surface area (Å²) in [5.74, 6) is 2.83. The molecular weight excluding hydrogens is 530 g/mol. The molecule has 4 aromatic rings. The van der Waals surface area contributed by atoms with Crippen molar-refractivity contribution in [2.45, 2.75) is 33.7 Å². The number of furan rings is 1. The van der Waals surface area contributed by atoms with Crippen LogP contribution in [-0.4, -0.2) is 56.0 Å². The van der Waals surface area contributed by atoms with Gasteiger partial charge in [0, 0.05) is 6.07 Å². The lowest BCUT2D eigenvalue weighted by atomic mass is 9.85. The Hall–Kier alpha value is -4.32. The molecule has 1 aromatic carbocycles. The average Bonchev–Trinajstić information content (AvgIpc) is 3.56. The Bertz CT molecular complexity index is 1490. The van der Waals surface area contributed by atoms with Gasteiger partial charge in [-0.1, -0.05) is 37.6 Å². The lowest BCUT2D eigenvalue weighted by Crippen LogP contribution is -2.52. The molecule has 3 aromatic heterocycles. The molecule has 0 bridgehead atoms. The number of phenolic OH excluding ortho intramolecular Hbond substituents is 1. The highest BCUT2D eigenvalue weighted by atomic mass is 32.1. The van der Waals surface area contributed by atoms with Crippen molar-refractivity contribution in [1.82, 2.24) is 13.6 Å². The third kappa shape index (κ3) is 5.67. The number of nitrogens with zero attached hydrogens (tertiary/aromatic N) is 5. The fourth-order valence-corrected chi connectivity index (χ4v) is 5.23. The predicted molar refractivity (Wildman–Crippen MR) is 153 cm³/mol. The molecule has 0 radical (unpaired) electrons. The Morgan fingerprint density at radius 2 is 1.80 bits per heavy atom. The van der Waals surface area contributed by atoms with E-state index < -0.39 is 0 Å². The van der Waals surface area contributed by atoms with Crippen LogP contribution < -0.4 is 20.3 Å². The lowest BCUT2D eigenvalue weighted by molar-refractivity contribution is -0.894. The van der Waals surface area contributed by atoms with Crippen LogP contribution in [0, 0.1) is 12.3 Å². The van der Waals surface area contributed by atoms with Gasteiger partial charge >= 0.3 is 5.82 Å². The quantitative estimate of drug-likeness (QED) is 0.145. The van der Waals surface area contributed by atoms with E-state index in [1.54, 1.807) is 35.4 Å². The lowest BCUT2D eigenvalue weighted by Gasteiger charge is -2.31. The van der Waals surface area contributed by atoms with Crippen molar-refractivity contribution in [3.63, 3.8) is 0 Å². The predicted octanol–water partition coefficient (Wildman–Crippen LogP) is 4.58. The van der Waals surface area contributed by atoms with Gasteiger partial charge in [0.25, 0.3) is 5.91 Å². The Morgan fingerprint density at radius 1 is 1.05 bits per heavy atom. The van der Waals surface area contributed by atoms with E-state index in [0.717, 1.165) is 28.0 Å². The van der Waals surface area contributed by atoms with E-state index in [1.165, 1.54) is 0 Å². The second-order valence-corrected chi connectivity index (χ2v) is 11.4. The number of piperazine rings is 1. The van der Waals surface area contributed by atoms with E-state index in [1.807, 2.05) is 36.1 Å². The zero-order chi connectivity index (χ0) is 28.4. The molecule has 1 aliphatic heterocycles. The summed E-state index contributed by atoms with van der Waals surface area (Å²) in [4.78, 5) is 17.1. The fourth-order valence-electron chi connectivity index (χ4n) is 4.75. The highest BCUT2D eigenvalue weighted by Crippen LogP contribution is 2.39. The van der Waals surface area contributed by atoms with Crippen LogP contribution in [0.25, 0.3) is 0 Å². The summed E-state index contributed by atoms with van der Waals surface area (Å²) in [6.07, 6.45) is 1.57. The molecule has 0 saturated carbocycles. The monoisotopic (exact) mass is 564 g/mol. The van der Waals surface area contributed by atoms with Crippen LogP contribution in [0.3, 0.4) is 0 Å². The first-order valence-electron chi connectivity index (χ1n) is 13.1. The van der Waals surface area contributed by atoms with E-state index >= 15 is 0 Å². The van der Waals surface area contributed by atoms with Crippen LogP contribution in [0.4, 0.5) is 23.1 Å². The number of rotatable bonds is 7. The van der Waals surface area contributed by atoms with Gasteiger partial charge in [0.1, 0.15) is 30.8 Å².